The van der Waals surface area contributed by atoms with Gasteiger partial charge in [0.1, 0.15) is 0 Å². The molecule has 1 atom stereocenters. The molecule has 2 rings (SSSR count). The molecule has 1 aliphatic heterocycles. The number of nitrogens with zero attached hydrogens (tertiary/aromatic N) is 2. The van der Waals surface area contributed by atoms with Gasteiger partial charge in [-0.15, -0.1) is 11.3 Å². The Balaban J connectivity index is 2.02. The monoisotopic (exact) mass is 309 g/mol. The molecule has 2 N–H and O–H groups in total. The molecule has 1 fully saturated rings. The summed E-state index contributed by atoms with van der Waals surface area (Å²) in [6, 6.07) is 0. The lowest BCUT2D eigenvalue weighted by Gasteiger charge is -2.35. The van der Waals surface area contributed by atoms with Crippen molar-refractivity contribution in [3.8, 4) is 0 Å². The summed E-state index contributed by atoms with van der Waals surface area (Å²) in [7, 11) is 0. The minimum absolute atomic E-state index is 0.137. The Labute approximate surface area is 133 Å². The third-order valence-corrected chi connectivity index (χ3v) is 5.58. The predicted molar refractivity (Wildman–Crippen MR) is 92.1 cm³/mol. The molecule has 1 unspecified atom stereocenters. The van der Waals surface area contributed by atoms with Crippen molar-refractivity contribution in [2.75, 3.05) is 26.2 Å². The average molecular weight is 310 g/mol. The molecule has 0 saturated carbocycles. The third-order valence-electron chi connectivity index (χ3n) is 4.60. The summed E-state index contributed by atoms with van der Waals surface area (Å²) >= 11 is 1.81. The van der Waals surface area contributed by atoms with Gasteiger partial charge in [0.25, 0.3) is 0 Å². The average Bonchev–Trinajstić information content (AvgIpc) is 2.91. The molecule has 1 aromatic heterocycles. The molecule has 21 heavy (non-hydrogen) atoms. The van der Waals surface area contributed by atoms with Gasteiger partial charge >= 0.3 is 0 Å². The van der Waals surface area contributed by atoms with E-state index in [1.54, 1.807) is 0 Å². The molecular formula is C17H31N3S. The molecule has 4 heteroatoms. The maximum atomic E-state index is 6.10. The van der Waals surface area contributed by atoms with Crippen molar-refractivity contribution in [2.45, 2.75) is 58.3 Å². The Bertz CT molecular complexity index is 427. The minimum atomic E-state index is 0.137. The van der Waals surface area contributed by atoms with Crippen molar-refractivity contribution in [1.82, 2.24) is 9.88 Å². The topological polar surface area (TPSA) is 42.1 Å². The quantitative estimate of drug-likeness (QED) is 0.903. The molecule has 1 aromatic rings. The largest absolute Gasteiger partial charge is 0.330 e. The second-order valence-electron chi connectivity index (χ2n) is 7.34. The second-order valence-corrected chi connectivity index (χ2v) is 8.23. The van der Waals surface area contributed by atoms with Crippen molar-refractivity contribution in [3.63, 3.8) is 0 Å². The number of hydrogen-bond donors (Lipinski definition) is 1. The molecular weight excluding hydrogens is 278 g/mol. The van der Waals surface area contributed by atoms with Crippen molar-refractivity contribution >= 4 is 11.3 Å². The first-order chi connectivity index (χ1) is 9.95. The van der Waals surface area contributed by atoms with Gasteiger partial charge in [0.05, 0.1) is 10.7 Å². The van der Waals surface area contributed by atoms with E-state index in [9.17, 15) is 0 Å². The smallest absolute Gasteiger partial charge is 0.0974 e. The molecule has 0 bridgehead atoms. The molecule has 1 aliphatic rings. The first-order valence-electron chi connectivity index (χ1n) is 8.34. The predicted octanol–water partition coefficient (Wildman–Crippen LogP) is 3.60. The van der Waals surface area contributed by atoms with Crippen molar-refractivity contribution in [2.24, 2.45) is 11.7 Å². The van der Waals surface area contributed by atoms with Gasteiger partial charge < -0.3 is 10.6 Å². The number of hydrogen-bond acceptors (Lipinski definition) is 4. The Morgan fingerprint density at radius 2 is 2.05 bits per heavy atom. The molecule has 0 aliphatic carbocycles. The van der Waals surface area contributed by atoms with Gasteiger partial charge in [-0.3, -0.25) is 0 Å². The van der Waals surface area contributed by atoms with Gasteiger partial charge in [0.2, 0.25) is 0 Å². The Morgan fingerprint density at radius 1 is 1.38 bits per heavy atom. The van der Waals surface area contributed by atoms with E-state index in [4.69, 9.17) is 10.7 Å². The van der Waals surface area contributed by atoms with E-state index in [-0.39, 0.29) is 5.41 Å². The highest BCUT2D eigenvalue weighted by Gasteiger charge is 2.29. The molecule has 3 nitrogen and oxygen atoms in total. The van der Waals surface area contributed by atoms with Crippen LogP contribution in [0.1, 0.15) is 63.6 Å². The molecule has 1 saturated heterocycles. The number of aromatic nitrogens is 1. The maximum Gasteiger partial charge on any atom is 0.0974 e. The highest BCUT2D eigenvalue weighted by atomic mass is 32.1. The van der Waals surface area contributed by atoms with Crippen molar-refractivity contribution < 1.29 is 0 Å². The van der Waals surface area contributed by atoms with Crippen LogP contribution in [0.2, 0.25) is 0 Å². The van der Waals surface area contributed by atoms with E-state index in [2.05, 4.69) is 38.0 Å². The van der Waals surface area contributed by atoms with Crippen LogP contribution in [0, 0.1) is 5.92 Å². The van der Waals surface area contributed by atoms with Gasteiger partial charge in [-0.05, 0) is 44.8 Å². The van der Waals surface area contributed by atoms with Crippen LogP contribution in [0.3, 0.4) is 0 Å². The number of likely N-dealkylation sites (tertiary alicyclic amines) is 1. The molecule has 0 radical (unpaired) electrons. The van der Waals surface area contributed by atoms with E-state index >= 15 is 0 Å². The number of rotatable bonds is 5. The summed E-state index contributed by atoms with van der Waals surface area (Å²) in [6.07, 6.45) is 3.80. The van der Waals surface area contributed by atoms with Crippen LogP contribution >= 0.6 is 11.3 Å². The maximum absolute atomic E-state index is 6.10. The van der Waals surface area contributed by atoms with E-state index in [0.29, 0.717) is 11.8 Å². The van der Waals surface area contributed by atoms with Crippen LogP contribution in [-0.4, -0.2) is 36.1 Å². The van der Waals surface area contributed by atoms with Gasteiger partial charge in [-0.1, -0.05) is 27.7 Å². The van der Waals surface area contributed by atoms with E-state index in [0.717, 1.165) is 6.54 Å². The van der Waals surface area contributed by atoms with Crippen LogP contribution in [0.5, 0.6) is 0 Å². The fraction of sp³-hybridized carbons (Fsp3) is 0.824. The SMILES string of the molecule is CCCN1CCC(C(CN)c2nc(C(C)(C)C)cs2)CC1. The lowest BCUT2D eigenvalue weighted by molar-refractivity contribution is 0.169. The Kier molecular flexibility index (Phi) is 5.81. The lowest BCUT2D eigenvalue weighted by atomic mass is 9.84. The summed E-state index contributed by atoms with van der Waals surface area (Å²) in [5, 5.41) is 3.49. The third kappa shape index (κ3) is 4.27. The molecule has 2 heterocycles. The van der Waals surface area contributed by atoms with E-state index in [1.165, 1.54) is 49.6 Å². The Hall–Kier alpha value is -0.450. The van der Waals surface area contributed by atoms with Gasteiger partial charge in [-0.2, -0.15) is 0 Å². The van der Waals surface area contributed by atoms with E-state index < -0.39 is 0 Å². The Morgan fingerprint density at radius 3 is 2.52 bits per heavy atom. The number of piperidine rings is 1. The zero-order chi connectivity index (χ0) is 15.5. The zero-order valence-corrected chi connectivity index (χ0v) is 14.9. The van der Waals surface area contributed by atoms with Crippen LogP contribution in [0.4, 0.5) is 0 Å². The van der Waals surface area contributed by atoms with Gasteiger partial charge in [-0.25, -0.2) is 4.98 Å². The molecule has 0 amide bonds. The lowest BCUT2D eigenvalue weighted by Crippen LogP contribution is -2.37. The fourth-order valence-electron chi connectivity index (χ4n) is 3.19. The second kappa shape index (κ2) is 7.21. The summed E-state index contributed by atoms with van der Waals surface area (Å²) in [6.45, 7) is 13.4. The summed E-state index contributed by atoms with van der Waals surface area (Å²) in [5.41, 5.74) is 7.45. The van der Waals surface area contributed by atoms with Crippen LogP contribution in [-0.2, 0) is 5.41 Å². The number of nitrogens with two attached hydrogens (primary N) is 1. The molecule has 0 spiro atoms. The van der Waals surface area contributed by atoms with Crippen molar-refractivity contribution in [1.29, 1.82) is 0 Å². The summed E-state index contributed by atoms with van der Waals surface area (Å²) < 4.78 is 0. The fourth-order valence-corrected chi connectivity index (χ4v) is 4.45. The van der Waals surface area contributed by atoms with Crippen LogP contribution in [0.15, 0.2) is 5.38 Å². The van der Waals surface area contributed by atoms with Gasteiger partial charge in [0, 0.05) is 23.3 Å². The standard InChI is InChI=1S/C17H31N3S/c1-5-8-20-9-6-13(7-10-20)14(11-18)16-19-15(12-21-16)17(2,3)4/h12-14H,5-11,18H2,1-4H3. The molecule has 120 valence electrons. The van der Waals surface area contributed by atoms with E-state index in [1.807, 2.05) is 11.3 Å². The first-order valence-corrected chi connectivity index (χ1v) is 9.22. The van der Waals surface area contributed by atoms with Crippen molar-refractivity contribution in [3.05, 3.63) is 16.1 Å². The number of thiazole rings is 1. The normalized spacial score (nSPS) is 19.9. The zero-order valence-electron chi connectivity index (χ0n) is 14.1. The summed E-state index contributed by atoms with van der Waals surface area (Å²) in [4.78, 5) is 7.50. The van der Waals surface area contributed by atoms with Crippen LogP contribution in [0.25, 0.3) is 0 Å². The first kappa shape index (κ1) is 16.9. The van der Waals surface area contributed by atoms with Gasteiger partial charge in [0.15, 0.2) is 0 Å². The summed E-state index contributed by atoms with van der Waals surface area (Å²) in [5.74, 6) is 1.16. The highest BCUT2D eigenvalue weighted by Crippen LogP contribution is 2.35. The minimum Gasteiger partial charge on any atom is -0.330 e. The highest BCUT2D eigenvalue weighted by molar-refractivity contribution is 7.09. The van der Waals surface area contributed by atoms with Crippen LogP contribution < -0.4 is 5.73 Å². The molecule has 0 aromatic carbocycles.